The molecule has 2 heterocycles. The van der Waals surface area contributed by atoms with Crippen LogP contribution in [0.1, 0.15) is 62.3 Å². The van der Waals surface area contributed by atoms with E-state index < -0.39 is 0 Å². The molecular weight excluding hydrogens is 408 g/mol. The standard InChI is InChI=1S/C29H38N2O2/c1-3-4-13-25-20-29(32-2)27-21-26(14-15-28(27)30-25)33-19-10-6-5-9-17-31-18-16-23-11-7-8-12-24(23)22-31/h7-8,11-12,14-15,20-21H,3-6,9-10,13,16-19,22H2,1-2H3. The molecule has 3 aromatic rings. The topological polar surface area (TPSA) is 34.6 Å². The van der Waals surface area contributed by atoms with Gasteiger partial charge in [0, 0.05) is 30.2 Å². The van der Waals surface area contributed by atoms with E-state index in [-0.39, 0.29) is 0 Å². The summed E-state index contributed by atoms with van der Waals surface area (Å²) < 4.78 is 11.7. The van der Waals surface area contributed by atoms with Gasteiger partial charge in [-0.05, 0) is 68.0 Å². The van der Waals surface area contributed by atoms with Gasteiger partial charge in [0.15, 0.2) is 0 Å². The molecule has 176 valence electrons. The molecule has 0 N–H and O–H groups in total. The Morgan fingerprint density at radius 1 is 0.939 bits per heavy atom. The van der Waals surface area contributed by atoms with Crippen LogP contribution < -0.4 is 9.47 Å². The van der Waals surface area contributed by atoms with Crippen molar-refractivity contribution in [1.82, 2.24) is 9.88 Å². The molecule has 0 fully saturated rings. The number of rotatable bonds is 12. The second-order valence-electron chi connectivity index (χ2n) is 9.16. The average molecular weight is 447 g/mol. The van der Waals surface area contributed by atoms with E-state index in [1.807, 2.05) is 6.07 Å². The molecule has 0 unspecified atom stereocenters. The number of methoxy groups -OCH3 is 1. The van der Waals surface area contributed by atoms with Crippen molar-refractivity contribution in [2.75, 3.05) is 26.8 Å². The van der Waals surface area contributed by atoms with Crippen molar-refractivity contribution in [1.29, 1.82) is 0 Å². The van der Waals surface area contributed by atoms with Gasteiger partial charge in [-0.3, -0.25) is 9.88 Å². The molecule has 0 spiro atoms. The molecule has 0 radical (unpaired) electrons. The first-order valence-electron chi connectivity index (χ1n) is 12.7. The highest BCUT2D eigenvalue weighted by Crippen LogP contribution is 2.29. The molecule has 1 aliphatic rings. The number of unbranched alkanes of at least 4 members (excludes halogenated alkanes) is 4. The van der Waals surface area contributed by atoms with Gasteiger partial charge in [0.05, 0.1) is 19.2 Å². The highest BCUT2D eigenvalue weighted by atomic mass is 16.5. The summed E-state index contributed by atoms with van der Waals surface area (Å²) in [6.45, 7) is 6.47. The molecule has 33 heavy (non-hydrogen) atoms. The quantitative estimate of drug-likeness (QED) is 0.294. The lowest BCUT2D eigenvalue weighted by Gasteiger charge is -2.28. The SMILES string of the molecule is CCCCc1cc(OC)c2cc(OCCCCCCN3CCc4ccccc4C3)ccc2n1. The van der Waals surface area contributed by atoms with Gasteiger partial charge in [-0.15, -0.1) is 0 Å². The first-order chi connectivity index (χ1) is 16.3. The summed E-state index contributed by atoms with van der Waals surface area (Å²) in [6.07, 6.45) is 9.33. The molecule has 0 amide bonds. The van der Waals surface area contributed by atoms with Gasteiger partial charge < -0.3 is 9.47 Å². The molecular formula is C29H38N2O2. The Bertz CT molecular complexity index is 1030. The molecule has 0 atom stereocenters. The van der Waals surface area contributed by atoms with Crippen LogP contribution >= 0.6 is 0 Å². The third-order valence-corrected chi connectivity index (χ3v) is 6.65. The summed E-state index contributed by atoms with van der Waals surface area (Å²) in [5.74, 6) is 1.78. The first-order valence-corrected chi connectivity index (χ1v) is 12.7. The molecule has 0 saturated heterocycles. The number of aryl methyl sites for hydroxylation is 1. The maximum atomic E-state index is 6.05. The van der Waals surface area contributed by atoms with Crippen LogP contribution in [0.4, 0.5) is 0 Å². The van der Waals surface area contributed by atoms with Crippen LogP contribution in [-0.4, -0.2) is 36.7 Å². The number of benzene rings is 2. The summed E-state index contributed by atoms with van der Waals surface area (Å²) >= 11 is 0. The third kappa shape index (κ3) is 6.48. The van der Waals surface area contributed by atoms with Crippen molar-refractivity contribution in [2.24, 2.45) is 0 Å². The maximum absolute atomic E-state index is 6.05. The van der Waals surface area contributed by atoms with E-state index in [4.69, 9.17) is 14.5 Å². The minimum absolute atomic E-state index is 0.757. The zero-order valence-corrected chi connectivity index (χ0v) is 20.3. The van der Waals surface area contributed by atoms with Crippen molar-refractivity contribution < 1.29 is 9.47 Å². The first kappa shape index (κ1) is 23.6. The second-order valence-corrected chi connectivity index (χ2v) is 9.16. The molecule has 4 heteroatoms. The van der Waals surface area contributed by atoms with Crippen LogP contribution in [0.3, 0.4) is 0 Å². The largest absolute Gasteiger partial charge is 0.496 e. The Balaban J connectivity index is 1.18. The van der Waals surface area contributed by atoms with Crippen LogP contribution in [0, 0.1) is 0 Å². The second kappa shape index (κ2) is 12.0. The fraction of sp³-hybridized carbons (Fsp3) is 0.483. The number of ether oxygens (including phenoxy) is 2. The van der Waals surface area contributed by atoms with Gasteiger partial charge in [0.2, 0.25) is 0 Å². The predicted molar refractivity (Wildman–Crippen MR) is 136 cm³/mol. The molecule has 0 saturated carbocycles. The average Bonchev–Trinajstić information content (AvgIpc) is 2.86. The van der Waals surface area contributed by atoms with E-state index >= 15 is 0 Å². The van der Waals surface area contributed by atoms with Gasteiger partial charge in [-0.2, -0.15) is 0 Å². The fourth-order valence-electron chi connectivity index (χ4n) is 4.70. The highest BCUT2D eigenvalue weighted by molar-refractivity contribution is 5.86. The molecule has 1 aliphatic heterocycles. The van der Waals surface area contributed by atoms with E-state index in [9.17, 15) is 0 Å². The van der Waals surface area contributed by atoms with E-state index in [1.165, 1.54) is 56.3 Å². The van der Waals surface area contributed by atoms with Crippen molar-refractivity contribution in [2.45, 2.75) is 64.8 Å². The van der Waals surface area contributed by atoms with Crippen LogP contribution in [0.25, 0.3) is 10.9 Å². The zero-order chi connectivity index (χ0) is 22.9. The van der Waals surface area contributed by atoms with E-state index in [0.29, 0.717) is 0 Å². The van der Waals surface area contributed by atoms with Crippen molar-refractivity contribution >= 4 is 10.9 Å². The molecule has 1 aromatic heterocycles. The molecule has 0 aliphatic carbocycles. The lowest BCUT2D eigenvalue weighted by molar-refractivity contribution is 0.245. The number of fused-ring (bicyclic) bond motifs is 2. The normalized spacial score (nSPS) is 13.8. The highest BCUT2D eigenvalue weighted by Gasteiger charge is 2.14. The van der Waals surface area contributed by atoms with Gasteiger partial charge in [0.25, 0.3) is 0 Å². The number of hydrogen-bond acceptors (Lipinski definition) is 4. The fourth-order valence-corrected chi connectivity index (χ4v) is 4.70. The van der Waals surface area contributed by atoms with E-state index in [0.717, 1.165) is 60.5 Å². The van der Waals surface area contributed by atoms with Crippen molar-refractivity contribution in [3.05, 3.63) is 65.4 Å². The summed E-state index contributed by atoms with van der Waals surface area (Å²) in [6, 6.07) is 17.1. The Morgan fingerprint density at radius 3 is 2.64 bits per heavy atom. The van der Waals surface area contributed by atoms with Gasteiger partial charge in [-0.25, -0.2) is 0 Å². The Morgan fingerprint density at radius 2 is 1.79 bits per heavy atom. The summed E-state index contributed by atoms with van der Waals surface area (Å²) in [7, 11) is 1.73. The lowest BCUT2D eigenvalue weighted by atomic mass is 10.00. The monoisotopic (exact) mass is 446 g/mol. The Kier molecular flexibility index (Phi) is 8.59. The van der Waals surface area contributed by atoms with Crippen LogP contribution in [0.2, 0.25) is 0 Å². The number of hydrogen-bond donors (Lipinski definition) is 0. The lowest BCUT2D eigenvalue weighted by Crippen LogP contribution is -2.31. The van der Waals surface area contributed by atoms with Crippen LogP contribution in [0.15, 0.2) is 48.5 Å². The van der Waals surface area contributed by atoms with Gasteiger partial charge >= 0.3 is 0 Å². The summed E-state index contributed by atoms with van der Waals surface area (Å²) in [4.78, 5) is 7.40. The molecule has 4 nitrogen and oxygen atoms in total. The summed E-state index contributed by atoms with van der Waals surface area (Å²) in [5, 5.41) is 1.03. The van der Waals surface area contributed by atoms with E-state index in [1.54, 1.807) is 7.11 Å². The van der Waals surface area contributed by atoms with Crippen LogP contribution in [0.5, 0.6) is 11.5 Å². The van der Waals surface area contributed by atoms with E-state index in [2.05, 4.69) is 54.3 Å². The smallest absolute Gasteiger partial charge is 0.130 e. The van der Waals surface area contributed by atoms with Gasteiger partial charge in [0.1, 0.15) is 11.5 Å². The maximum Gasteiger partial charge on any atom is 0.130 e. The molecule has 2 aromatic carbocycles. The Labute approximate surface area is 198 Å². The number of aromatic nitrogens is 1. The van der Waals surface area contributed by atoms with Crippen molar-refractivity contribution in [3.8, 4) is 11.5 Å². The summed E-state index contributed by atoms with van der Waals surface area (Å²) in [5.41, 5.74) is 5.12. The third-order valence-electron chi connectivity index (χ3n) is 6.65. The Hall–Kier alpha value is -2.59. The predicted octanol–water partition coefficient (Wildman–Crippen LogP) is 6.58. The molecule has 4 rings (SSSR count). The minimum atomic E-state index is 0.757. The van der Waals surface area contributed by atoms with Crippen molar-refractivity contribution in [3.63, 3.8) is 0 Å². The van der Waals surface area contributed by atoms with Crippen LogP contribution in [-0.2, 0) is 19.4 Å². The number of nitrogens with zero attached hydrogens (tertiary/aromatic N) is 2. The minimum Gasteiger partial charge on any atom is -0.496 e. The molecule has 0 bridgehead atoms. The number of pyridine rings is 1. The van der Waals surface area contributed by atoms with Gasteiger partial charge in [-0.1, -0.05) is 50.5 Å². The zero-order valence-electron chi connectivity index (χ0n) is 20.3.